The molecule has 2 aromatic carbocycles. The number of aromatic amines is 1. The van der Waals surface area contributed by atoms with Crippen molar-refractivity contribution in [3.8, 4) is 5.75 Å². The number of benzene rings is 2. The molecule has 0 radical (unpaired) electrons. The van der Waals surface area contributed by atoms with Crippen LogP contribution in [0.15, 0.2) is 66.2 Å². The fourth-order valence-corrected chi connectivity index (χ4v) is 5.24. The van der Waals surface area contributed by atoms with Crippen LogP contribution in [0.25, 0.3) is 10.9 Å². The monoisotopic (exact) mass is 444 g/mol. The van der Waals surface area contributed by atoms with E-state index in [9.17, 15) is 9.59 Å². The number of rotatable bonds is 5. The van der Waals surface area contributed by atoms with Crippen molar-refractivity contribution < 1.29 is 14.3 Å². The lowest BCUT2D eigenvalue weighted by atomic mass is 9.88. The summed E-state index contributed by atoms with van der Waals surface area (Å²) < 4.78 is 5.40. The number of fused-ring (bicyclic) bond motifs is 1. The number of H-pyrrole nitrogens is 1. The van der Waals surface area contributed by atoms with Gasteiger partial charge in [-0.3, -0.25) is 9.59 Å². The van der Waals surface area contributed by atoms with E-state index in [0.29, 0.717) is 35.0 Å². The number of carbonyl (C=O) groups excluding carboxylic acids is 2. The highest BCUT2D eigenvalue weighted by atomic mass is 32.1. The summed E-state index contributed by atoms with van der Waals surface area (Å²) in [6, 6.07) is 16.9. The first-order valence-electron chi connectivity index (χ1n) is 10.8. The number of hydrogen-bond acceptors (Lipinski definition) is 4. The van der Waals surface area contributed by atoms with Crippen molar-refractivity contribution in [3.63, 3.8) is 0 Å². The topological polar surface area (TPSA) is 62.4 Å². The van der Waals surface area contributed by atoms with E-state index in [4.69, 9.17) is 4.74 Å². The van der Waals surface area contributed by atoms with E-state index in [1.807, 2.05) is 40.6 Å². The fraction of sp³-hybridized carbons (Fsp3) is 0.231. The molecule has 1 N–H and O–H groups in total. The highest BCUT2D eigenvalue weighted by molar-refractivity contribution is 7.12. The van der Waals surface area contributed by atoms with Gasteiger partial charge in [0.05, 0.1) is 17.6 Å². The van der Waals surface area contributed by atoms with Gasteiger partial charge in [-0.15, -0.1) is 11.3 Å². The summed E-state index contributed by atoms with van der Waals surface area (Å²) in [6.45, 7) is 1.34. The number of piperidine rings is 1. The third-order valence-corrected chi connectivity index (χ3v) is 7.16. The molecule has 0 aliphatic carbocycles. The summed E-state index contributed by atoms with van der Waals surface area (Å²) in [5.41, 5.74) is 3.34. The first-order valence-corrected chi connectivity index (χ1v) is 11.6. The third-order valence-electron chi connectivity index (χ3n) is 6.29. The van der Waals surface area contributed by atoms with Crippen LogP contribution in [0.2, 0.25) is 0 Å². The molecule has 1 amide bonds. The molecule has 1 saturated heterocycles. The average Bonchev–Trinajstić information content (AvgIpc) is 3.53. The molecule has 2 aromatic heterocycles. The summed E-state index contributed by atoms with van der Waals surface area (Å²) in [6.07, 6.45) is 3.86. The number of hydrogen-bond donors (Lipinski definition) is 1. The van der Waals surface area contributed by atoms with Gasteiger partial charge in [-0.1, -0.05) is 24.3 Å². The van der Waals surface area contributed by atoms with E-state index >= 15 is 0 Å². The molecule has 5 nitrogen and oxygen atoms in total. The zero-order valence-electron chi connectivity index (χ0n) is 17.8. The Hall–Kier alpha value is -3.38. The first-order chi connectivity index (χ1) is 15.7. The van der Waals surface area contributed by atoms with Crippen LogP contribution in [-0.4, -0.2) is 41.8 Å². The molecule has 1 fully saturated rings. The third kappa shape index (κ3) is 3.71. The Morgan fingerprint density at radius 1 is 1.03 bits per heavy atom. The molecule has 32 heavy (non-hydrogen) atoms. The second-order valence-corrected chi connectivity index (χ2v) is 9.02. The number of likely N-dealkylation sites (tertiary alicyclic amines) is 1. The van der Waals surface area contributed by atoms with Gasteiger partial charge in [-0.25, -0.2) is 0 Å². The SMILES string of the molecule is COc1ccc2[nH]cc(C3CCN(C(=O)c4ccccc4C(=O)c4cccs4)CC3)c2c1. The number of carbonyl (C=O) groups is 2. The van der Waals surface area contributed by atoms with Crippen LogP contribution in [0.5, 0.6) is 5.75 Å². The minimum atomic E-state index is -0.0911. The van der Waals surface area contributed by atoms with Gasteiger partial charge < -0.3 is 14.6 Å². The Morgan fingerprint density at radius 2 is 1.81 bits per heavy atom. The highest BCUT2D eigenvalue weighted by Gasteiger charge is 2.28. The Bertz CT molecular complexity index is 1270. The van der Waals surface area contributed by atoms with Crippen molar-refractivity contribution in [3.05, 3.63) is 87.7 Å². The van der Waals surface area contributed by atoms with Gasteiger partial charge in [0, 0.05) is 35.8 Å². The maximum absolute atomic E-state index is 13.3. The minimum absolute atomic E-state index is 0.0652. The number of methoxy groups -OCH3 is 1. The van der Waals surface area contributed by atoms with E-state index in [1.165, 1.54) is 22.3 Å². The summed E-state index contributed by atoms with van der Waals surface area (Å²) >= 11 is 1.40. The van der Waals surface area contributed by atoms with E-state index in [2.05, 4.69) is 17.2 Å². The van der Waals surface area contributed by atoms with Gasteiger partial charge in [0.2, 0.25) is 5.78 Å². The maximum atomic E-state index is 13.3. The summed E-state index contributed by atoms with van der Waals surface area (Å²) in [5.74, 6) is 1.07. The molecule has 5 rings (SSSR count). The van der Waals surface area contributed by atoms with Crippen LogP contribution in [0.4, 0.5) is 0 Å². The molecular weight excluding hydrogens is 420 g/mol. The second kappa shape index (κ2) is 8.63. The van der Waals surface area contributed by atoms with Crippen molar-refractivity contribution in [2.24, 2.45) is 0 Å². The molecule has 162 valence electrons. The Morgan fingerprint density at radius 3 is 2.53 bits per heavy atom. The molecule has 3 heterocycles. The molecular formula is C26H24N2O3S. The van der Waals surface area contributed by atoms with Gasteiger partial charge in [-0.2, -0.15) is 0 Å². The molecule has 0 spiro atoms. The number of ether oxygens (including phenoxy) is 1. The van der Waals surface area contributed by atoms with Gasteiger partial charge in [-0.05, 0) is 60.0 Å². The normalized spacial score (nSPS) is 14.6. The van der Waals surface area contributed by atoms with Crippen molar-refractivity contribution in [2.45, 2.75) is 18.8 Å². The van der Waals surface area contributed by atoms with Crippen LogP contribution >= 0.6 is 11.3 Å². The smallest absolute Gasteiger partial charge is 0.254 e. The maximum Gasteiger partial charge on any atom is 0.254 e. The number of amides is 1. The average molecular weight is 445 g/mol. The van der Waals surface area contributed by atoms with Crippen LogP contribution in [0, 0.1) is 0 Å². The predicted molar refractivity (Wildman–Crippen MR) is 127 cm³/mol. The molecule has 6 heteroatoms. The molecule has 1 aliphatic rings. The minimum Gasteiger partial charge on any atom is -0.497 e. The summed E-state index contributed by atoms with van der Waals surface area (Å²) in [7, 11) is 1.68. The molecule has 0 bridgehead atoms. The van der Waals surface area contributed by atoms with E-state index < -0.39 is 0 Å². The Balaban J connectivity index is 1.33. The standard InChI is InChI=1S/C26H24N2O3S/c1-31-18-8-9-23-21(15-18)22(16-27-23)17-10-12-28(13-11-17)26(30)20-6-3-2-5-19(20)25(29)24-7-4-14-32-24/h2-9,14-17,27H,10-13H2,1H3. The van der Waals surface area contributed by atoms with Crippen molar-refractivity contribution in [2.75, 3.05) is 20.2 Å². The molecule has 0 unspecified atom stereocenters. The zero-order valence-corrected chi connectivity index (χ0v) is 18.7. The predicted octanol–water partition coefficient (Wildman–Crippen LogP) is 5.49. The van der Waals surface area contributed by atoms with Crippen LogP contribution < -0.4 is 4.74 Å². The number of nitrogens with one attached hydrogen (secondary N) is 1. The van der Waals surface area contributed by atoms with Gasteiger partial charge >= 0.3 is 0 Å². The van der Waals surface area contributed by atoms with Gasteiger partial charge in [0.1, 0.15) is 5.75 Å². The molecule has 4 aromatic rings. The van der Waals surface area contributed by atoms with E-state index in [0.717, 1.165) is 24.1 Å². The van der Waals surface area contributed by atoms with Crippen molar-refractivity contribution >= 4 is 33.9 Å². The summed E-state index contributed by atoms with van der Waals surface area (Å²) in [4.78, 5) is 32.2. The lowest BCUT2D eigenvalue weighted by molar-refractivity contribution is 0.0709. The van der Waals surface area contributed by atoms with Gasteiger partial charge in [0.15, 0.2) is 0 Å². The Labute approximate surface area is 190 Å². The van der Waals surface area contributed by atoms with E-state index in [1.54, 1.807) is 25.3 Å². The Kier molecular flexibility index (Phi) is 5.53. The number of nitrogens with zero attached hydrogens (tertiary/aromatic N) is 1. The number of aromatic nitrogens is 1. The summed E-state index contributed by atoms with van der Waals surface area (Å²) in [5, 5.41) is 3.06. The molecule has 1 aliphatic heterocycles. The molecule has 0 saturated carbocycles. The second-order valence-electron chi connectivity index (χ2n) is 8.07. The van der Waals surface area contributed by atoms with Crippen LogP contribution in [0.1, 0.15) is 49.9 Å². The van der Waals surface area contributed by atoms with Crippen LogP contribution in [0.3, 0.4) is 0 Å². The first kappa shape index (κ1) is 20.5. The van der Waals surface area contributed by atoms with Crippen molar-refractivity contribution in [1.29, 1.82) is 0 Å². The molecule has 0 atom stereocenters. The zero-order chi connectivity index (χ0) is 22.1. The lowest BCUT2D eigenvalue weighted by Crippen LogP contribution is -2.38. The fourth-order valence-electron chi connectivity index (χ4n) is 4.56. The van der Waals surface area contributed by atoms with Crippen molar-refractivity contribution in [1.82, 2.24) is 9.88 Å². The van der Waals surface area contributed by atoms with E-state index in [-0.39, 0.29) is 11.7 Å². The number of ketones is 1. The van der Waals surface area contributed by atoms with Crippen LogP contribution in [-0.2, 0) is 0 Å². The van der Waals surface area contributed by atoms with Gasteiger partial charge in [0.25, 0.3) is 5.91 Å². The lowest BCUT2D eigenvalue weighted by Gasteiger charge is -2.32. The quantitative estimate of drug-likeness (QED) is 0.414. The number of thiophene rings is 1. The highest BCUT2D eigenvalue weighted by Crippen LogP contribution is 2.35. The largest absolute Gasteiger partial charge is 0.497 e.